The lowest BCUT2D eigenvalue weighted by atomic mass is 10.1. The molecule has 7 nitrogen and oxygen atoms in total. The smallest absolute Gasteiger partial charge is 0.243 e. The highest BCUT2D eigenvalue weighted by atomic mass is 32.2. The van der Waals surface area contributed by atoms with Gasteiger partial charge in [-0.25, -0.2) is 14.1 Å². The molecule has 1 aliphatic heterocycles. The summed E-state index contributed by atoms with van der Waals surface area (Å²) in [5.74, 6) is 0.319. The van der Waals surface area contributed by atoms with E-state index in [2.05, 4.69) is 10.2 Å². The Balaban J connectivity index is 1.82. The molecule has 2 heterocycles. The van der Waals surface area contributed by atoms with Gasteiger partial charge in [-0.3, -0.25) is 9.59 Å². The lowest BCUT2D eigenvalue weighted by Gasteiger charge is -2.32. The molecule has 0 fully saturated rings. The fraction of sp³-hybridized carbons (Fsp3) is 0.182. The molecule has 3 aromatic rings. The molecule has 1 amide bonds. The summed E-state index contributed by atoms with van der Waals surface area (Å²) in [5.41, 5.74) is 1.88. The lowest BCUT2D eigenvalue weighted by Crippen LogP contribution is -2.41. The van der Waals surface area contributed by atoms with Crippen molar-refractivity contribution in [1.82, 2.24) is 14.9 Å². The molecule has 1 aliphatic rings. The number of aromatic nitrogens is 3. The van der Waals surface area contributed by atoms with E-state index < -0.39 is 5.82 Å². The number of methoxy groups -OCH3 is 1. The first-order valence-corrected chi connectivity index (χ1v) is 10.3. The predicted molar refractivity (Wildman–Crippen MR) is 115 cm³/mol. The Morgan fingerprint density at radius 1 is 1.03 bits per heavy atom. The minimum absolute atomic E-state index is 0.221. The highest BCUT2D eigenvalue weighted by Crippen LogP contribution is 2.40. The molecule has 9 heteroatoms. The zero-order valence-corrected chi connectivity index (χ0v) is 17.9. The number of carbonyl (C=O) groups is 2. The molecular formula is C22H19FN4O3S. The molecule has 1 aromatic heterocycles. The van der Waals surface area contributed by atoms with Gasteiger partial charge in [0.05, 0.1) is 17.7 Å². The SMILES string of the molecule is COc1ccc(Cc2nnc3n2N(C(C)=O)C(c2ccc(F)cc2)=C(C(C)=O)S3)cc1. The molecule has 2 aromatic carbocycles. The van der Waals surface area contributed by atoms with Gasteiger partial charge in [-0.15, -0.1) is 10.2 Å². The van der Waals surface area contributed by atoms with Crippen LogP contribution in [0.15, 0.2) is 58.6 Å². The zero-order valence-electron chi connectivity index (χ0n) is 17.1. The van der Waals surface area contributed by atoms with Gasteiger partial charge in [0, 0.05) is 18.9 Å². The Labute approximate surface area is 182 Å². The molecule has 0 saturated carbocycles. The average Bonchev–Trinajstić information content (AvgIpc) is 3.15. The molecule has 158 valence electrons. The van der Waals surface area contributed by atoms with E-state index in [0.29, 0.717) is 33.6 Å². The van der Waals surface area contributed by atoms with Gasteiger partial charge in [0.2, 0.25) is 11.1 Å². The number of ether oxygens (including phenoxy) is 1. The van der Waals surface area contributed by atoms with E-state index in [1.54, 1.807) is 23.9 Å². The molecule has 0 atom stereocenters. The Morgan fingerprint density at radius 3 is 2.29 bits per heavy atom. The average molecular weight is 438 g/mol. The number of hydrogen-bond donors (Lipinski definition) is 0. The fourth-order valence-corrected chi connectivity index (χ4v) is 4.31. The van der Waals surface area contributed by atoms with Gasteiger partial charge in [0.1, 0.15) is 11.6 Å². The van der Waals surface area contributed by atoms with Crippen LogP contribution in [0.3, 0.4) is 0 Å². The predicted octanol–water partition coefficient (Wildman–Crippen LogP) is 3.56. The van der Waals surface area contributed by atoms with Crippen molar-refractivity contribution >= 4 is 29.1 Å². The number of nitrogens with zero attached hydrogens (tertiary/aromatic N) is 4. The summed E-state index contributed by atoms with van der Waals surface area (Å²) in [5, 5.41) is 10.3. The number of benzene rings is 2. The molecule has 0 radical (unpaired) electrons. The van der Waals surface area contributed by atoms with Crippen LogP contribution in [0.5, 0.6) is 5.75 Å². The minimum atomic E-state index is -0.406. The van der Waals surface area contributed by atoms with Crippen LogP contribution in [-0.4, -0.2) is 33.7 Å². The summed E-state index contributed by atoms with van der Waals surface area (Å²) in [7, 11) is 1.60. The van der Waals surface area contributed by atoms with Crippen LogP contribution in [0.1, 0.15) is 30.8 Å². The van der Waals surface area contributed by atoms with Gasteiger partial charge in [0.25, 0.3) is 0 Å². The molecule has 0 saturated heterocycles. The topological polar surface area (TPSA) is 77.3 Å². The van der Waals surface area contributed by atoms with Gasteiger partial charge < -0.3 is 4.74 Å². The maximum Gasteiger partial charge on any atom is 0.243 e. The molecule has 0 spiro atoms. The zero-order chi connectivity index (χ0) is 22.1. The largest absolute Gasteiger partial charge is 0.497 e. The lowest BCUT2D eigenvalue weighted by molar-refractivity contribution is -0.117. The van der Waals surface area contributed by atoms with Gasteiger partial charge in [-0.05, 0) is 60.6 Å². The van der Waals surface area contributed by atoms with Gasteiger partial charge in [-0.2, -0.15) is 0 Å². The van der Waals surface area contributed by atoms with Crippen LogP contribution >= 0.6 is 11.8 Å². The van der Waals surface area contributed by atoms with E-state index in [0.717, 1.165) is 23.1 Å². The van der Waals surface area contributed by atoms with E-state index in [1.807, 2.05) is 24.3 Å². The summed E-state index contributed by atoms with van der Waals surface area (Å²) in [6, 6.07) is 13.2. The second-order valence-corrected chi connectivity index (χ2v) is 7.89. The Kier molecular flexibility index (Phi) is 5.60. The van der Waals surface area contributed by atoms with Crippen molar-refractivity contribution in [3.05, 3.63) is 76.2 Å². The van der Waals surface area contributed by atoms with Crippen LogP contribution in [0.25, 0.3) is 5.70 Å². The second-order valence-electron chi connectivity index (χ2n) is 6.91. The number of rotatable bonds is 5. The number of fused-ring (bicyclic) bond motifs is 1. The first-order valence-electron chi connectivity index (χ1n) is 9.46. The number of carbonyl (C=O) groups excluding carboxylic acids is 2. The van der Waals surface area contributed by atoms with Crippen molar-refractivity contribution in [2.24, 2.45) is 0 Å². The summed E-state index contributed by atoms with van der Waals surface area (Å²) in [4.78, 5) is 25.5. The van der Waals surface area contributed by atoms with Crippen molar-refractivity contribution in [3.63, 3.8) is 0 Å². The fourth-order valence-electron chi connectivity index (χ4n) is 3.33. The summed E-state index contributed by atoms with van der Waals surface area (Å²) >= 11 is 1.14. The van der Waals surface area contributed by atoms with Crippen LogP contribution in [0, 0.1) is 5.82 Å². The van der Waals surface area contributed by atoms with Crippen molar-refractivity contribution < 1.29 is 18.7 Å². The third-order valence-electron chi connectivity index (χ3n) is 4.75. The second kappa shape index (κ2) is 8.35. The van der Waals surface area contributed by atoms with Crippen molar-refractivity contribution in [3.8, 4) is 5.75 Å². The van der Waals surface area contributed by atoms with E-state index in [9.17, 15) is 14.0 Å². The maximum atomic E-state index is 13.5. The molecule has 0 unspecified atom stereocenters. The molecule has 31 heavy (non-hydrogen) atoms. The molecule has 0 N–H and O–H groups in total. The monoisotopic (exact) mass is 438 g/mol. The van der Waals surface area contributed by atoms with Gasteiger partial charge >= 0.3 is 0 Å². The summed E-state index contributed by atoms with van der Waals surface area (Å²) in [6.07, 6.45) is 0.410. The maximum absolute atomic E-state index is 13.5. The molecule has 0 bridgehead atoms. The summed E-state index contributed by atoms with van der Waals surface area (Å²) in [6.45, 7) is 2.83. The molecule has 0 aliphatic carbocycles. The minimum Gasteiger partial charge on any atom is -0.497 e. The van der Waals surface area contributed by atoms with Crippen LogP contribution in [0.2, 0.25) is 0 Å². The quantitative estimate of drug-likeness (QED) is 0.606. The highest BCUT2D eigenvalue weighted by Gasteiger charge is 2.34. The first-order chi connectivity index (χ1) is 14.9. The number of ketones is 1. The number of allylic oxidation sites excluding steroid dienone is 1. The third kappa shape index (κ3) is 3.96. The third-order valence-corrected chi connectivity index (χ3v) is 5.88. The van der Waals surface area contributed by atoms with Crippen LogP contribution in [-0.2, 0) is 16.0 Å². The number of hydrogen-bond acceptors (Lipinski definition) is 6. The number of halogens is 1. The van der Waals surface area contributed by atoms with Crippen LogP contribution in [0.4, 0.5) is 4.39 Å². The van der Waals surface area contributed by atoms with Crippen LogP contribution < -0.4 is 9.75 Å². The standard InChI is InChI=1S/C22H19FN4O3S/c1-13(28)21-20(16-6-8-17(23)9-7-16)26(14(2)29)27-19(24-25-22(27)31-21)12-15-4-10-18(30-3)11-5-15/h4-11H,12H2,1-3H3. The van der Waals surface area contributed by atoms with Gasteiger partial charge in [0.15, 0.2) is 11.6 Å². The number of thioether (sulfide) groups is 1. The van der Waals surface area contributed by atoms with Gasteiger partial charge in [-0.1, -0.05) is 12.1 Å². The summed E-state index contributed by atoms with van der Waals surface area (Å²) < 4.78 is 20.3. The van der Waals surface area contributed by atoms with Crippen molar-refractivity contribution in [1.29, 1.82) is 0 Å². The molecular weight excluding hydrogens is 419 g/mol. The number of amides is 1. The Morgan fingerprint density at radius 2 is 1.71 bits per heavy atom. The van der Waals surface area contributed by atoms with E-state index in [4.69, 9.17) is 4.74 Å². The van der Waals surface area contributed by atoms with E-state index in [1.165, 1.54) is 31.0 Å². The van der Waals surface area contributed by atoms with E-state index in [-0.39, 0.29) is 11.7 Å². The Hall–Kier alpha value is -3.46. The van der Waals surface area contributed by atoms with Crippen molar-refractivity contribution in [2.75, 3.05) is 12.1 Å². The number of Topliss-reactive ketones (excluding diaryl/α,β-unsaturated/α-hetero) is 1. The highest BCUT2D eigenvalue weighted by molar-refractivity contribution is 8.04. The van der Waals surface area contributed by atoms with Crippen molar-refractivity contribution in [2.45, 2.75) is 25.4 Å². The van der Waals surface area contributed by atoms with E-state index >= 15 is 0 Å². The first kappa shape index (κ1) is 20.8. The Bertz CT molecular complexity index is 1190. The normalized spacial score (nSPS) is 13.2. The molecule has 4 rings (SSSR count).